The molecule has 7 nitrogen and oxygen atoms in total. The molecule has 1 unspecified atom stereocenters. The van der Waals surface area contributed by atoms with E-state index in [0.717, 1.165) is 31.4 Å². The molecule has 4 rings (SSSR count). The molecule has 1 aliphatic heterocycles. The van der Waals surface area contributed by atoms with Gasteiger partial charge in [-0.2, -0.15) is 0 Å². The molecule has 0 spiro atoms. The van der Waals surface area contributed by atoms with Gasteiger partial charge in [-0.15, -0.1) is 0 Å². The van der Waals surface area contributed by atoms with Crippen LogP contribution in [-0.4, -0.2) is 52.1 Å². The van der Waals surface area contributed by atoms with Gasteiger partial charge in [0, 0.05) is 19.2 Å². The van der Waals surface area contributed by atoms with Crippen molar-refractivity contribution in [1.82, 2.24) is 14.8 Å². The first-order valence-electron chi connectivity index (χ1n) is 11.4. The highest BCUT2D eigenvalue weighted by atomic mass is 16.5. The summed E-state index contributed by atoms with van der Waals surface area (Å²) in [5, 5.41) is 3.22. The summed E-state index contributed by atoms with van der Waals surface area (Å²) in [6, 6.07) is 7.62. The van der Waals surface area contributed by atoms with E-state index < -0.39 is 5.54 Å². The van der Waals surface area contributed by atoms with Crippen LogP contribution in [0.15, 0.2) is 34.9 Å². The minimum absolute atomic E-state index is 0.0812. The van der Waals surface area contributed by atoms with E-state index in [1.165, 1.54) is 0 Å². The molecule has 0 radical (unpaired) electrons. The predicted octanol–water partition coefficient (Wildman–Crippen LogP) is 3.84. The summed E-state index contributed by atoms with van der Waals surface area (Å²) in [7, 11) is 0. The molecule has 0 aromatic carbocycles. The monoisotopic (exact) mass is 427 g/mol. The number of nitrogens with one attached hydrogen (secondary N) is 1. The first-order valence-corrected chi connectivity index (χ1v) is 11.4. The molecule has 3 heterocycles. The van der Waals surface area contributed by atoms with Crippen molar-refractivity contribution in [3.63, 3.8) is 0 Å². The molecule has 0 bridgehead atoms. The zero-order chi connectivity index (χ0) is 22.0. The number of rotatable bonds is 8. The average Bonchev–Trinajstić information content (AvgIpc) is 3.48. The number of hydrogen-bond donors (Lipinski definition) is 1. The second kappa shape index (κ2) is 8.91. The number of hydrogen-bond acceptors (Lipinski definition) is 4. The summed E-state index contributed by atoms with van der Waals surface area (Å²) in [5.41, 5.74) is 0.420. The quantitative estimate of drug-likeness (QED) is 0.650. The van der Waals surface area contributed by atoms with E-state index in [9.17, 15) is 9.59 Å². The van der Waals surface area contributed by atoms with Crippen molar-refractivity contribution in [2.45, 2.75) is 77.1 Å². The summed E-state index contributed by atoms with van der Waals surface area (Å²) < 4.78 is 13.2. The molecule has 0 saturated heterocycles. The molecule has 168 valence electrons. The third kappa shape index (κ3) is 4.28. The Kier molecular flexibility index (Phi) is 6.23. The molecular weight excluding hydrogens is 394 g/mol. The van der Waals surface area contributed by atoms with Gasteiger partial charge in [-0.05, 0) is 64.3 Å². The second-order valence-electron chi connectivity index (χ2n) is 9.13. The predicted molar refractivity (Wildman–Crippen MR) is 118 cm³/mol. The Hall–Kier alpha value is -2.54. The minimum Gasteiger partial charge on any atom is -0.463 e. The van der Waals surface area contributed by atoms with E-state index in [2.05, 4.69) is 5.32 Å². The highest BCUT2D eigenvalue weighted by Crippen LogP contribution is 2.34. The second-order valence-corrected chi connectivity index (χ2v) is 9.13. The lowest BCUT2D eigenvalue weighted by molar-refractivity contribution is -0.133. The number of ether oxygens (including phenoxy) is 1. The Morgan fingerprint density at radius 1 is 1.26 bits per heavy atom. The normalized spacial score (nSPS) is 21.7. The molecule has 1 aliphatic carbocycles. The number of fused-ring (bicyclic) bond motifs is 1. The number of aromatic nitrogens is 1. The van der Waals surface area contributed by atoms with Crippen LogP contribution in [0, 0.1) is 0 Å². The average molecular weight is 428 g/mol. The molecule has 1 saturated carbocycles. The fourth-order valence-corrected chi connectivity index (χ4v) is 4.72. The summed E-state index contributed by atoms with van der Waals surface area (Å²) in [5.74, 6) is 0.483. The highest BCUT2D eigenvalue weighted by molar-refractivity contribution is 6.00. The molecule has 2 aliphatic rings. The SMILES string of the molecule is CC(C)OCCCN1C(=O)c2ccc(-c3ccco3)n2CC1(C)C(=O)NC1CCCC1. The van der Waals surface area contributed by atoms with Gasteiger partial charge in [0.2, 0.25) is 5.91 Å². The Bertz CT molecular complexity index is 911. The number of amides is 2. The van der Waals surface area contributed by atoms with E-state index in [1.54, 1.807) is 11.2 Å². The molecule has 31 heavy (non-hydrogen) atoms. The van der Waals surface area contributed by atoms with Crippen LogP contribution >= 0.6 is 0 Å². The van der Waals surface area contributed by atoms with Crippen LogP contribution < -0.4 is 5.32 Å². The van der Waals surface area contributed by atoms with Gasteiger partial charge in [0.15, 0.2) is 0 Å². The van der Waals surface area contributed by atoms with E-state index in [1.807, 2.05) is 49.6 Å². The topological polar surface area (TPSA) is 76.7 Å². The lowest BCUT2D eigenvalue weighted by atomic mass is 9.93. The minimum atomic E-state index is -0.981. The van der Waals surface area contributed by atoms with Crippen molar-refractivity contribution < 1.29 is 18.7 Å². The Morgan fingerprint density at radius 3 is 2.68 bits per heavy atom. The lowest BCUT2D eigenvalue weighted by Crippen LogP contribution is -2.65. The number of carbonyl (C=O) groups excluding carboxylic acids is 2. The summed E-state index contributed by atoms with van der Waals surface area (Å²) in [6.07, 6.45) is 6.73. The zero-order valence-electron chi connectivity index (χ0n) is 18.7. The Balaban J connectivity index is 1.63. The number of nitrogens with zero attached hydrogens (tertiary/aromatic N) is 2. The molecule has 2 aromatic rings. The standard InChI is InChI=1S/C24H33N3O4/c1-17(2)30-15-7-13-27-22(28)20-12-11-19(21-10-6-14-31-21)26(20)16-24(27,3)23(29)25-18-8-4-5-9-18/h6,10-12,14,17-18H,4-5,7-9,13,15-16H2,1-3H3,(H,25,29). The molecule has 2 amide bonds. The largest absolute Gasteiger partial charge is 0.463 e. The van der Waals surface area contributed by atoms with Crippen LogP contribution in [0.3, 0.4) is 0 Å². The molecular formula is C24H33N3O4. The lowest BCUT2D eigenvalue weighted by Gasteiger charge is -2.44. The Labute approximate surface area is 183 Å². The van der Waals surface area contributed by atoms with Gasteiger partial charge in [-0.1, -0.05) is 12.8 Å². The van der Waals surface area contributed by atoms with Crippen molar-refractivity contribution in [3.05, 3.63) is 36.2 Å². The van der Waals surface area contributed by atoms with E-state index in [0.29, 0.717) is 37.6 Å². The maximum absolute atomic E-state index is 13.5. The summed E-state index contributed by atoms with van der Waals surface area (Å²) in [6.45, 7) is 7.29. The third-order valence-electron chi connectivity index (χ3n) is 6.44. The van der Waals surface area contributed by atoms with Crippen LogP contribution in [0.25, 0.3) is 11.5 Å². The fraction of sp³-hybridized carbons (Fsp3) is 0.583. The van der Waals surface area contributed by atoms with Crippen LogP contribution in [0.2, 0.25) is 0 Å². The van der Waals surface area contributed by atoms with Gasteiger partial charge in [-0.3, -0.25) is 9.59 Å². The maximum Gasteiger partial charge on any atom is 0.271 e. The highest BCUT2D eigenvalue weighted by Gasteiger charge is 2.48. The van der Waals surface area contributed by atoms with E-state index in [4.69, 9.17) is 9.15 Å². The first kappa shape index (κ1) is 21.7. The van der Waals surface area contributed by atoms with Gasteiger partial charge in [-0.25, -0.2) is 0 Å². The van der Waals surface area contributed by atoms with Crippen molar-refractivity contribution >= 4 is 11.8 Å². The summed E-state index contributed by atoms with van der Waals surface area (Å²) >= 11 is 0. The van der Waals surface area contributed by atoms with Gasteiger partial charge in [0.05, 0.1) is 24.6 Å². The molecule has 2 aromatic heterocycles. The van der Waals surface area contributed by atoms with Crippen molar-refractivity contribution in [2.75, 3.05) is 13.2 Å². The van der Waals surface area contributed by atoms with Crippen molar-refractivity contribution in [2.24, 2.45) is 0 Å². The van der Waals surface area contributed by atoms with E-state index >= 15 is 0 Å². The van der Waals surface area contributed by atoms with Crippen LogP contribution in [0.4, 0.5) is 0 Å². The molecule has 1 N–H and O–H groups in total. The van der Waals surface area contributed by atoms with Gasteiger partial charge in [0.25, 0.3) is 5.91 Å². The van der Waals surface area contributed by atoms with Gasteiger partial charge < -0.3 is 23.9 Å². The van der Waals surface area contributed by atoms with Crippen molar-refractivity contribution in [3.8, 4) is 11.5 Å². The van der Waals surface area contributed by atoms with Crippen LogP contribution in [-0.2, 0) is 16.1 Å². The Morgan fingerprint density at radius 2 is 2.00 bits per heavy atom. The van der Waals surface area contributed by atoms with Crippen LogP contribution in [0.1, 0.15) is 63.4 Å². The van der Waals surface area contributed by atoms with Gasteiger partial charge in [0.1, 0.15) is 17.0 Å². The third-order valence-corrected chi connectivity index (χ3v) is 6.44. The number of furan rings is 1. The molecule has 1 fully saturated rings. The maximum atomic E-state index is 13.5. The summed E-state index contributed by atoms with van der Waals surface area (Å²) in [4.78, 5) is 28.8. The zero-order valence-corrected chi connectivity index (χ0v) is 18.7. The molecule has 7 heteroatoms. The van der Waals surface area contributed by atoms with Crippen molar-refractivity contribution in [1.29, 1.82) is 0 Å². The molecule has 1 atom stereocenters. The van der Waals surface area contributed by atoms with Crippen LogP contribution in [0.5, 0.6) is 0 Å². The smallest absolute Gasteiger partial charge is 0.271 e. The first-order chi connectivity index (χ1) is 14.9. The number of carbonyl (C=O) groups is 2. The van der Waals surface area contributed by atoms with E-state index in [-0.39, 0.29) is 24.0 Å². The fourth-order valence-electron chi connectivity index (χ4n) is 4.72. The van der Waals surface area contributed by atoms with Gasteiger partial charge >= 0.3 is 0 Å².